The molecule has 0 bridgehead atoms. The SMILES string of the molecule is Cc1ccccc1-c1ccccc1Oc1cccc2c1oc1c([Si](c3ccccc3)(c3ccccc3)c3cccc4c3oc3c(-c5cccc6c5sc5ccccc56)nccc34)nccc12. The Morgan fingerprint density at radius 1 is 0.424 bits per heavy atom. The number of nitrogens with zero attached hydrogens (tertiary/aromatic N) is 2. The summed E-state index contributed by atoms with van der Waals surface area (Å²) in [6.45, 7) is 2.13. The van der Waals surface area contributed by atoms with Crippen LogP contribution in [-0.2, 0) is 0 Å². The molecule has 0 aliphatic rings. The van der Waals surface area contributed by atoms with Crippen molar-refractivity contribution in [1.29, 1.82) is 0 Å². The summed E-state index contributed by atoms with van der Waals surface area (Å²) in [5.41, 5.74) is 8.17. The van der Waals surface area contributed by atoms with E-state index in [1.54, 1.807) is 11.3 Å². The van der Waals surface area contributed by atoms with Crippen LogP contribution < -0.4 is 25.6 Å². The number of hydrogen-bond acceptors (Lipinski definition) is 6. The molecule has 13 rings (SSSR count). The zero-order chi connectivity index (χ0) is 43.8. The van der Waals surface area contributed by atoms with Gasteiger partial charge >= 0.3 is 0 Å². The van der Waals surface area contributed by atoms with E-state index in [4.69, 9.17) is 23.5 Å². The van der Waals surface area contributed by atoms with Crippen LogP contribution in [0.15, 0.2) is 221 Å². The lowest BCUT2D eigenvalue weighted by molar-refractivity contribution is 0.478. The third-order valence-electron chi connectivity index (χ3n) is 13.2. The highest BCUT2D eigenvalue weighted by Crippen LogP contribution is 2.44. The van der Waals surface area contributed by atoms with Crippen LogP contribution in [0.2, 0.25) is 0 Å². The molecule has 0 saturated heterocycles. The summed E-state index contributed by atoms with van der Waals surface area (Å²) < 4.78 is 24.0. The Bertz CT molecular complexity index is 3970. The summed E-state index contributed by atoms with van der Waals surface area (Å²) in [4.78, 5) is 10.5. The van der Waals surface area contributed by atoms with Gasteiger partial charge in [0.2, 0.25) is 8.07 Å². The Morgan fingerprint density at radius 3 is 1.79 bits per heavy atom. The number of thiophene rings is 1. The molecule has 66 heavy (non-hydrogen) atoms. The maximum absolute atomic E-state index is 7.37. The van der Waals surface area contributed by atoms with E-state index in [2.05, 4.69) is 183 Å². The van der Waals surface area contributed by atoms with Crippen molar-refractivity contribution in [3.05, 3.63) is 218 Å². The molecule has 0 spiro atoms. The van der Waals surface area contributed by atoms with Crippen LogP contribution in [0.4, 0.5) is 0 Å². The Morgan fingerprint density at radius 2 is 0.985 bits per heavy atom. The standard InChI is InChI=1S/C59H38N2O3SSi/c1-37-17-8-9-22-40(37)41-23-10-12-29-49(41)62-50-30-15-25-43-46-34-36-61-59(57(46)63-54(43)50)66(38-18-4-2-5-19-38,39-20-6-3-7-21-39)52-32-16-26-44-45-33-35-60-53(56(45)64-55(44)52)48-28-14-27-47-42-24-11-13-31-51(42)65-58(47)48/h2-36H,1H3. The Kier molecular flexibility index (Phi) is 8.88. The van der Waals surface area contributed by atoms with Crippen molar-refractivity contribution in [1.82, 2.24) is 9.97 Å². The minimum atomic E-state index is -3.43. The Labute approximate surface area is 384 Å². The number of aromatic nitrogens is 2. The average molecular weight is 883 g/mol. The van der Waals surface area contributed by atoms with Crippen LogP contribution in [0.3, 0.4) is 0 Å². The first-order chi connectivity index (χ1) is 32.7. The zero-order valence-corrected chi connectivity index (χ0v) is 37.6. The Balaban J connectivity index is 1.08. The van der Waals surface area contributed by atoms with Crippen LogP contribution in [0.5, 0.6) is 11.5 Å². The van der Waals surface area contributed by atoms with Gasteiger partial charge in [0.15, 0.2) is 22.5 Å². The van der Waals surface area contributed by atoms with Crippen molar-refractivity contribution >= 4 is 104 Å². The van der Waals surface area contributed by atoms with Crippen LogP contribution in [0.1, 0.15) is 5.56 Å². The molecule has 0 aliphatic carbocycles. The van der Waals surface area contributed by atoms with Crippen molar-refractivity contribution in [2.75, 3.05) is 0 Å². The summed E-state index contributed by atoms with van der Waals surface area (Å²) in [7, 11) is -3.43. The molecule has 5 heterocycles. The summed E-state index contributed by atoms with van der Waals surface area (Å²) in [6, 6.07) is 70.3. The summed E-state index contributed by atoms with van der Waals surface area (Å²) in [5.74, 6) is 1.39. The highest BCUT2D eigenvalue weighted by Gasteiger charge is 2.47. The van der Waals surface area contributed by atoms with Gasteiger partial charge in [0, 0.05) is 65.2 Å². The molecule has 5 aromatic heterocycles. The van der Waals surface area contributed by atoms with Crippen LogP contribution >= 0.6 is 11.3 Å². The highest BCUT2D eigenvalue weighted by molar-refractivity contribution is 7.26. The molecule has 0 aliphatic heterocycles. The Hall–Kier alpha value is -8.10. The second kappa shape index (κ2) is 15.3. The minimum absolute atomic E-state index is 0.635. The van der Waals surface area contributed by atoms with Crippen LogP contribution in [0.25, 0.3) is 86.4 Å². The number of para-hydroxylation sites is 3. The number of hydrogen-bond donors (Lipinski definition) is 0. The lowest BCUT2D eigenvalue weighted by atomic mass is 10.00. The molecule has 312 valence electrons. The number of benzene rings is 8. The van der Waals surface area contributed by atoms with Crippen molar-refractivity contribution in [3.63, 3.8) is 0 Å². The second-order valence-electron chi connectivity index (χ2n) is 16.8. The van der Waals surface area contributed by atoms with E-state index in [0.29, 0.717) is 11.3 Å². The molecule has 8 aromatic carbocycles. The number of ether oxygens (including phenoxy) is 1. The van der Waals surface area contributed by atoms with Gasteiger partial charge in [-0.2, -0.15) is 0 Å². The molecular formula is C59H38N2O3SSi. The summed E-state index contributed by atoms with van der Waals surface area (Å²) >= 11 is 1.80. The van der Waals surface area contributed by atoms with E-state index in [-0.39, 0.29) is 0 Å². The number of rotatable bonds is 8. The van der Waals surface area contributed by atoms with Gasteiger partial charge in [-0.1, -0.05) is 170 Å². The van der Waals surface area contributed by atoms with E-state index in [0.717, 1.165) is 87.3 Å². The minimum Gasteiger partial charge on any atom is -0.454 e. The van der Waals surface area contributed by atoms with E-state index < -0.39 is 8.07 Å². The fourth-order valence-corrected chi connectivity index (χ4v) is 16.2. The van der Waals surface area contributed by atoms with Gasteiger partial charge in [0.1, 0.15) is 17.0 Å². The molecule has 0 unspecified atom stereocenters. The summed E-state index contributed by atoms with van der Waals surface area (Å²) in [5, 5.41) is 10.7. The van der Waals surface area contributed by atoms with Gasteiger partial charge < -0.3 is 13.6 Å². The molecule has 5 nitrogen and oxygen atoms in total. The van der Waals surface area contributed by atoms with Crippen LogP contribution in [-0.4, -0.2) is 18.0 Å². The van der Waals surface area contributed by atoms with Gasteiger partial charge in [0.05, 0.1) is 5.32 Å². The zero-order valence-electron chi connectivity index (χ0n) is 35.7. The van der Waals surface area contributed by atoms with Gasteiger partial charge in [0.25, 0.3) is 0 Å². The van der Waals surface area contributed by atoms with Gasteiger partial charge in [-0.15, -0.1) is 11.3 Å². The maximum Gasteiger partial charge on any atom is 0.210 e. The molecular weight excluding hydrogens is 845 g/mol. The number of aryl methyl sites for hydroxylation is 1. The fraction of sp³-hybridized carbons (Fsp3) is 0.0169. The first kappa shape index (κ1) is 38.4. The molecule has 13 aromatic rings. The second-order valence-corrected chi connectivity index (χ2v) is 21.5. The van der Waals surface area contributed by atoms with Crippen molar-refractivity contribution in [2.45, 2.75) is 6.92 Å². The van der Waals surface area contributed by atoms with Crippen molar-refractivity contribution < 1.29 is 13.6 Å². The molecule has 0 amide bonds. The van der Waals surface area contributed by atoms with E-state index in [1.165, 1.54) is 25.7 Å². The van der Waals surface area contributed by atoms with E-state index in [1.807, 2.05) is 36.7 Å². The lowest BCUT2D eigenvalue weighted by Crippen LogP contribution is -2.75. The van der Waals surface area contributed by atoms with Crippen molar-refractivity contribution in [3.8, 4) is 33.9 Å². The third-order valence-corrected chi connectivity index (χ3v) is 19.1. The van der Waals surface area contributed by atoms with Gasteiger partial charge in [-0.05, 0) is 63.9 Å². The largest absolute Gasteiger partial charge is 0.454 e. The molecule has 0 N–H and O–H groups in total. The highest BCUT2D eigenvalue weighted by atomic mass is 32.1. The normalized spacial score (nSPS) is 12.0. The number of fused-ring (bicyclic) bond motifs is 9. The third kappa shape index (κ3) is 5.77. The summed E-state index contributed by atoms with van der Waals surface area (Å²) in [6.07, 6.45) is 3.86. The van der Waals surface area contributed by atoms with E-state index in [9.17, 15) is 0 Å². The predicted molar refractivity (Wildman–Crippen MR) is 275 cm³/mol. The average Bonchev–Trinajstić information content (AvgIpc) is 4.08. The lowest BCUT2D eigenvalue weighted by Gasteiger charge is -2.33. The maximum atomic E-state index is 7.37. The predicted octanol–water partition coefficient (Wildman–Crippen LogP) is 13.5. The number of furan rings is 2. The molecule has 0 radical (unpaired) electrons. The first-order valence-electron chi connectivity index (χ1n) is 22.1. The van der Waals surface area contributed by atoms with E-state index >= 15 is 0 Å². The quantitative estimate of drug-likeness (QED) is 0.112. The smallest absolute Gasteiger partial charge is 0.210 e. The monoisotopic (exact) mass is 882 g/mol. The first-order valence-corrected chi connectivity index (χ1v) is 24.9. The van der Waals surface area contributed by atoms with Gasteiger partial charge in [-0.25, -0.2) is 0 Å². The van der Waals surface area contributed by atoms with Gasteiger partial charge in [-0.3, -0.25) is 9.97 Å². The molecule has 0 saturated carbocycles. The topological polar surface area (TPSA) is 61.3 Å². The fourth-order valence-electron chi connectivity index (χ4n) is 10.2. The molecule has 7 heteroatoms. The van der Waals surface area contributed by atoms with Crippen LogP contribution in [0, 0.1) is 6.92 Å². The molecule has 0 atom stereocenters. The molecule has 0 fully saturated rings. The number of pyridine rings is 2. The van der Waals surface area contributed by atoms with Crippen molar-refractivity contribution in [2.24, 2.45) is 0 Å².